The van der Waals surface area contributed by atoms with E-state index in [-0.39, 0.29) is 24.4 Å². The molecule has 0 aliphatic carbocycles. The second-order valence-electron chi connectivity index (χ2n) is 4.95. The minimum Gasteiger partial charge on any atom is -0.344 e. The number of carbonyl (C=O) groups excluding carboxylic acids is 2. The second-order valence-corrected chi connectivity index (χ2v) is 5.86. The molecule has 1 aromatic carbocycles. The van der Waals surface area contributed by atoms with Crippen molar-refractivity contribution in [2.45, 2.75) is 18.9 Å². The van der Waals surface area contributed by atoms with Gasteiger partial charge in [0.2, 0.25) is 11.8 Å². The molecule has 0 aromatic heterocycles. The SMILES string of the molecule is CN1CC(NCC(=O)Nc2cccc(Br)c2)CCC1=O. The fourth-order valence-corrected chi connectivity index (χ4v) is 2.59. The monoisotopic (exact) mass is 339 g/mol. The Morgan fingerprint density at radius 2 is 2.30 bits per heavy atom. The minimum absolute atomic E-state index is 0.0809. The highest BCUT2D eigenvalue weighted by Crippen LogP contribution is 2.15. The number of nitrogens with one attached hydrogen (secondary N) is 2. The number of likely N-dealkylation sites (tertiary alicyclic amines) is 1. The van der Waals surface area contributed by atoms with E-state index < -0.39 is 0 Å². The maximum absolute atomic E-state index is 11.8. The van der Waals surface area contributed by atoms with Crippen molar-refractivity contribution in [1.82, 2.24) is 10.2 Å². The van der Waals surface area contributed by atoms with Gasteiger partial charge in [-0.15, -0.1) is 0 Å². The second kappa shape index (κ2) is 6.85. The molecular formula is C14H18BrN3O2. The molecule has 5 nitrogen and oxygen atoms in total. The lowest BCUT2D eigenvalue weighted by atomic mass is 10.1. The van der Waals surface area contributed by atoms with E-state index in [0.29, 0.717) is 13.0 Å². The van der Waals surface area contributed by atoms with E-state index in [2.05, 4.69) is 26.6 Å². The smallest absolute Gasteiger partial charge is 0.238 e. The summed E-state index contributed by atoms with van der Waals surface area (Å²) in [4.78, 5) is 24.9. The highest BCUT2D eigenvalue weighted by Gasteiger charge is 2.22. The Bertz CT molecular complexity index is 507. The van der Waals surface area contributed by atoms with Gasteiger partial charge in [-0.1, -0.05) is 22.0 Å². The number of hydrogen-bond donors (Lipinski definition) is 2. The third kappa shape index (κ3) is 4.31. The molecular weight excluding hydrogens is 322 g/mol. The number of hydrogen-bond acceptors (Lipinski definition) is 3. The first-order valence-electron chi connectivity index (χ1n) is 6.57. The molecule has 6 heteroatoms. The van der Waals surface area contributed by atoms with Crippen molar-refractivity contribution in [3.8, 4) is 0 Å². The Morgan fingerprint density at radius 1 is 1.50 bits per heavy atom. The van der Waals surface area contributed by atoms with Crippen LogP contribution in [0.2, 0.25) is 0 Å². The molecule has 1 unspecified atom stereocenters. The number of anilines is 1. The Morgan fingerprint density at radius 3 is 3.00 bits per heavy atom. The number of benzene rings is 1. The van der Waals surface area contributed by atoms with Crippen LogP contribution in [-0.2, 0) is 9.59 Å². The molecule has 1 aliphatic rings. The van der Waals surface area contributed by atoms with E-state index in [9.17, 15) is 9.59 Å². The zero-order valence-corrected chi connectivity index (χ0v) is 12.9. The summed E-state index contributed by atoms with van der Waals surface area (Å²) in [5, 5.41) is 6.02. The molecule has 0 radical (unpaired) electrons. The third-order valence-corrected chi connectivity index (χ3v) is 3.78. The van der Waals surface area contributed by atoms with Crippen molar-refractivity contribution in [3.05, 3.63) is 28.7 Å². The molecule has 0 spiro atoms. The number of halogens is 1. The van der Waals surface area contributed by atoms with Gasteiger partial charge < -0.3 is 15.5 Å². The van der Waals surface area contributed by atoms with E-state index in [0.717, 1.165) is 16.6 Å². The Hall–Kier alpha value is -1.40. The van der Waals surface area contributed by atoms with Crippen molar-refractivity contribution in [2.24, 2.45) is 0 Å². The van der Waals surface area contributed by atoms with Crippen molar-refractivity contribution in [2.75, 3.05) is 25.5 Å². The summed E-state index contributed by atoms with van der Waals surface area (Å²) in [6.45, 7) is 0.905. The molecule has 2 N–H and O–H groups in total. The van der Waals surface area contributed by atoms with Gasteiger partial charge in [0, 0.05) is 36.2 Å². The first-order chi connectivity index (χ1) is 9.54. The summed E-state index contributed by atoms with van der Waals surface area (Å²) in [6.07, 6.45) is 1.33. The average molecular weight is 340 g/mol. The van der Waals surface area contributed by atoms with E-state index in [1.807, 2.05) is 24.3 Å². The third-order valence-electron chi connectivity index (χ3n) is 3.29. The first kappa shape index (κ1) is 15.0. The standard InChI is InChI=1S/C14H18BrN3O2/c1-18-9-12(5-6-14(18)20)16-8-13(19)17-11-4-2-3-10(15)7-11/h2-4,7,12,16H,5-6,8-9H2,1H3,(H,17,19). The summed E-state index contributed by atoms with van der Waals surface area (Å²) in [7, 11) is 1.79. The van der Waals surface area contributed by atoms with E-state index in [1.54, 1.807) is 11.9 Å². The van der Waals surface area contributed by atoms with Crippen LogP contribution in [0.4, 0.5) is 5.69 Å². The Labute approximate surface area is 126 Å². The van der Waals surface area contributed by atoms with Crippen LogP contribution in [0.5, 0.6) is 0 Å². The molecule has 2 amide bonds. The van der Waals surface area contributed by atoms with Gasteiger partial charge in [-0.05, 0) is 24.6 Å². The quantitative estimate of drug-likeness (QED) is 0.875. The fraction of sp³-hybridized carbons (Fsp3) is 0.429. The maximum atomic E-state index is 11.8. The van der Waals surface area contributed by atoms with Crippen molar-refractivity contribution in [1.29, 1.82) is 0 Å². The number of amides is 2. The minimum atomic E-state index is -0.0809. The predicted octanol–water partition coefficient (Wildman–Crippen LogP) is 1.60. The fourth-order valence-electron chi connectivity index (χ4n) is 2.19. The molecule has 1 aromatic rings. The van der Waals surface area contributed by atoms with Crippen LogP contribution < -0.4 is 10.6 Å². The summed E-state index contributed by atoms with van der Waals surface area (Å²) >= 11 is 3.36. The molecule has 1 saturated heterocycles. The van der Waals surface area contributed by atoms with Gasteiger partial charge in [0.15, 0.2) is 0 Å². The molecule has 1 atom stereocenters. The molecule has 1 fully saturated rings. The summed E-state index contributed by atoms with van der Waals surface area (Å²) in [5.74, 6) is 0.0873. The highest BCUT2D eigenvalue weighted by atomic mass is 79.9. The van der Waals surface area contributed by atoms with Crippen molar-refractivity contribution >= 4 is 33.4 Å². The lowest BCUT2D eigenvalue weighted by Gasteiger charge is -2.30. The van der Waals surface area contributed by atoms with Crippen molar-refractivity contribution < 1.29 is 9.59 Å². The van der Waals surface area contributed by atoms with Gasteiger partial charge in [0.25, 0.3) is 0 Å². The summed E-state index contributed by atoms with van der Waals surface area (Å²) < 4.78 is 0.927. The van der Waals surface area contributed by atoms with Gasteiger partial charge in [-0.2, -0.15) is 0 Å². The number of carbonyl (C=O) groups is 2. The molecule has 108 valence electrons. The lowest BCUT2D eigenvalue weighted by Crippen LogP contribution is -2.48. The normalized spacial score (nSPS) is 19.0. The number of nitrogens with zero attached hydrogens (tertiary/aromatic N) is 1. The van der Waals surface area contributed by atoms with Crippen LogP contribution in [0.1, 0.15) is 12.8 Å². The Kier molecular flexibility index (Phi) is 5.14. The maximum Gasteiger partial charge on any atom is 0.238 e. The summed E-state index contributed by atoms with van der Waals surface area (Å²) in [6, 6.07) is 7.66. The predicted molar refractivity (Wildman–Crippen MR) is 81.4 cm³/mol. The molecule has 20 heavy (non-hydrogen) atoms. The van der Waals surface area contributed by atoms with Crippen LogP contribution in [0.25, 0.3) is 0 Å². The van der Waals surface area contributed by atoms with Crippen LogP contribution in [-0.4, -0.2) is 42.9 Å². The Balaban J connectivity index is 1.77. The van der Waals surface area contributed by atoms with Gasteiger partial charge in [0.1, 0.15) is 0 Å². The number of piperidine rings is 1. The highest BCUT2D eigenvalue weighted by molar-refractivity contribution is 9.10. The van der Waals surface area contributed by atoms with Gasteiger partial charge in [-0.25, -0.2) is 0 Å². The zero-order valence-electron chi connectivity index (χ0n) is 11.4. The first-order valence-corrected chi connectivity index (χ1v) is 7.36. The summed E-state index contributed by atoms with van der Waals surface area (Å²) in [5.41, 5.74) is 0.766. The zero-order chi connectivity index (χ0) is 14.5. The topological polar surface area (TPSA) is 61.4 Å². The number of rotatable bonds is 4. The van der Waals surface area contributed by atoms with Gasteiger partial charge >= 0.3 is 0 Å². The van der Waals surface area contributed by atoms with Crippen LogP contribution in [0.3, 0.4) is 0 Å². The lowest BCUT2D eigenvalue weighted by molar-refractivity contribution is -0.132. The molecule has 0 saturated carbocycles. The van der Waals surface area contributed by atoms with Gasteiger partial charge in [0.05, 0.1) is 6.54 Å². The largest absolute Gasteiger partial charge is 0.344 e. The average Bonchev–Trinajstić information content (AvgIpc) is 2.40. The van der Waals surface area contributed by atoms with Crippen LogP contribution >= 0.6 is 15.9 Å². The number of likely N-dealkylation sites (N-methyl/N-ethyl adjacent to an activating group) is 1. The molecule has 2 rings (SSSR count). The van der Waals surface area contributed by atoms with Gasteiger partial charge in [-0.3, -0.25) is 9.59 Å². The van der Waals surface area contributed by atoms with Crippen LogP contribution in [0.15, 0.2) is 28.7 Å². The van der Waals surface area contributed by atoms with Crippen molar-refractivity contribution in [3.63, 3.8) is 0 Å². The van der Waals surface area contributed by atoms with E-state index >= 15 is 0 Å². The molecule has 0 bridgehead atoms. The van der Waals surface area contributed by atoms with E-state index in [4.69, 9.17) is 0 Å². The molecule has 1 heterocycles. The molecule has 1 aliphatic heterocycles. The van der Waals surface area contributed by atoms with E-state index in [1.165, 1.54) is 0 Å². The van der Waals surface area contributed by atoms with Crippen LogP contribution in [0, 0.1) is 0 Å².